The molecule has 0 atom stereocenters. The van der Waals surface area contributed by atoms with Gasteiger partial charge in [0.05, 0.1) is 14.5 Å². The van der Waals surface area contributed by atoms with Gasteiger partial charge in [-0.25, -0.2) is 4.98 Å². The van der Waals surface area contributed by atoms with Gasteiger partial charge in [-0.1, -0.05) is 30.3 Å². The Balaban J connectivity index is 1.36. The molecule has 0 spiro atoms. The fourth-order valence-electron chi connectivity index (χ4n) is 3.41. The van der Waals surface area contributed by atoms with Gasteiger partial charge in [0.1, 0.15) is 4.88 Å². The SMILES string of the molecule is Cc1nc(Cc2ccccc2)sc1C(=O)N1CCN(Cc2ccc(Br)s2)CC1. The molecule has 1 saturated heterocycles. The minimum atomic E-state index is 0.132. The van der Waals surface area contributed by atoms with Gasteiger partial charge >= 0.3 is 0 Å². The molecule has 0 radical (unpaired) electrons. The zero-order chi connectivity index (χ0) is 19.5. The third-order valence-electron chi connectivity index (χ3n) is 4.90. The van der Waals surface area contributed by atoms with Gasteiger partial charge in [0.15, 0.2) is 0 Å². The summed E-state index contributed by atoms with van der Waals surface area (Å²) in [4.78, 5) is 24.2. The molecule has 0 aliphatic carbocycles. The van der Waals surface area contributed by atoms with Crippen molar-refractivity contribution >= 4 is 44.5 Å². The molecule has 28 heavy (non-hydrogen) atoms. The molecule has 0 saturated carbocycles. The van der Waals surface area contributed by atoms with Gasteiger partial charge in [-0.2, -0.15) is 0 Å². The summed E-state index contributed by atoms with van der Waals surface area (Å²) in [5.41, 5.74) is 2.08. The summed E-state index contributed by atoms with van der Waals surface area (Å²) in [6, 6.07) is 14.6. The zero-order valence-corrected chi connectivity index (χ0v) is 18.9. The van der Waals surface area contributed by atoms with Crippen LogP contribution in [0.4, 0.5) is 0 Å². The van der Waals surface area contributed by atoms with Crippen LogP contribution in [0.5, 0.6) is 0 Å². The summed E-state index contributed by atoms with van der Waals surface area (Å²) in [6.45, 7) is 6.28. The summed E-state index contributed by atoms with van der Waals surface area (Å²) in [5, 5.41) is 1.01. The Morgan fingerprint density at radius 1 is 1.07 bits per heavy atom. The van der Waals surface area contributed by atoms with Crippen LogP contribution in [0.1, 0.15) is 30.8 Å². The van der Waals surface area contributed by atoms with E-state index < -0.39 is 0 Å². The number of piperazine rings is 1. The van der Waals surface area contributed by atoms with Crippen LogP contribution >= 0.6 is 38.6 Å². The van der Waals surface area contributed by atoms with Crippen LogP contribution in [-0.4, -0.2) is 46.9 Å². The topological polar surface area (TPSA) is 36.4 Å². The maximum atomic E-state index is 13.0. The number of carbonyl (C=O) groups is 1. The van der Waals surface area contributed by atoms with E-state index in [9.17, 15) is 4.79 Å². The molecular weight excluding hydrogens is 454 g/mol. The van der Waals surface area contributed by atoms with Crippen LogP contribution in [0, 0.1) is 6.92 Å². The molecule has 0 unspecified atom stereocenters. The van der Waals surface area contributed by atoms with Crippen LogP contribution < -0.4 is 0 Å². The van der Waals surface area contributed by atoms with Gasteiger partial charge in [0.25, 0.3) is 5.91 Å². The monoisotopic (exact) mass is 475 g/mol. The summed E-state index contributed by atoms with van der Waals surface area (Å²) >= 11 is 6.84. The smallest absolute Gasteiger partial charge is 0.265 e. The Morgan fingerprint density at radius 3 is 2.50 bits per heavy atom. The molecule has 4 rings (SSSR count). The Bertz CT molecular complexity index is 946. The van der Waals surface area contributed by atoms with E-state index in [4.69, 9.17) is 0 Å². The van der Waals surface area contributed by atoms with E-state index in [1.807, 2.05) is 30.0 Å². The number of thiophene rings is 1. The van der Waals surface area contributed by atoms with E-state index in [-0.39, 0.29) is 5.91 Å². The van der Waals surface area contributed by atoms with Gasteiger partial charge in [0.2, 0.25) is 0 Å². The van der Waals surface area contributed by atoms with E-state index in [0.717, 1.165) is 54.7 Å². The lowest BCUT2D eigenvalue weighted by atomic mass is 10.2. The summed E-state index contributed by atoms with van der Waals surface area (Å²) < 4.78 is 1.17. The van der Waals surface area contributed by atoms with E-state index in [1.54, 1.807) is 22.7 Å². The van der Waals surface area contributed by atoms with Crippen molar-refractivity contribution in [3.8, 4) is 0 Å². The number of carbonyl (C=O) groups excluding carboxylic acids is 1. The number of hydrogen-bond acceptors (Lipinski definition) is 5. The molecule has 3 heterocycles. The number of rotatable bonds is 5. The van der Waals surface area contributed by atoms with Gasteiger partial charge in [0, 0.05) is 44.0 Å². The molecule has 1 amide bonds. The Hall–Kier alpha value is -1.54. The van der Waals surface area contributed by atoms with Crippen LogP contribution in [0.15, 0.2) is 46.3 Å². The number of benzene rings is 1. The van der Waals surface area contributed by atoms with Gasteiger partial charge < -0.3 is 4.90 Å². The second-order valence-electron chi connectivity index (χ2n) is 6.96. The van der Waals surface area contributed by atoms with Crippen molar-refractivity contribution in [3.05, 3.63) is 72.3 Å². The van der Waals surface area contributed by atoms with Crippen LogP contribution in [0.25, 0.3) is 0 Å². The molecule has 2 aromatic heterocycles. The highest BCUT2D eigenvalue weighted by molar-refractivity contribution is 9.11. The van der Waals surface area contributed by atoms with Gasteiger partial charge in [-0.15, -0.1) is 22.7 Å². The molecule has 0 N–H and O–H groups in total. The first kappa shape index (κ1) is 19.8. The number of hydrogen-bond donors (Lipinski definition) is 0. The van der Waals surface area contributed by atoms with Crippen molar-refractivity contribution in [1.82, 2.24) is 14.8 Å². The van der Waals surface area contributed by atoms with Crippen molar-refractivity contribution in [2.75, 3.05) is 26.2 Å². The predicted molar refractivity (Wildman–Crippen MR) is 119 cm³/mol. The second kappa shape index (κ2) is 8.86. The molecule has 7 heteroatoms. The molecule has 0 bridgehead atoms. The average molecular weight is 476 g/mol. The zero-order valence-electron chi connectivity index (χ0n) is 15.7. The van der Waals surface area contributed by atoms with E-state index >= 15 is 0 Å². The van der Waals surface area contributed by atoms with Crippen molar-refractivity contribution in [3.63, 3.8) is 0 Å². The summed E-state index contributed by atoms with van der Waals surface area (Å²) in [6.07, 6.45) is 0.782. The first-order valence-corrected chi connectivity index (χ1v) is 11.8. The predicted octanol–water partition coefficient (Wildman–Crippen LogP) is 4.82. The van der Waals surface area contributed by atoms with Crippen molar-refractivity contribution < 1.29 is 4.79 Å². The lowest BCUT2D eigenvalue weighted by molar-refractivity contribution is 0.0633. The molecule has 3 aromatic rings. The highest BCUT2D eigenvalue weighted by atomic mass is 79.9. The highest BCUT2D eigenvalue weighted by Gasteiger charge is 2.25. The largest absolute Gasteiger partial charge is 0.335 e. The van der Waals surface area contributed by atoms with E-state index in [0.29, 0.717) is 0 Å². The van der Waals surface area contributed by atoms with Crippen molar-refractivity contribution in [2.45, 2.75) is 19.9 Å². The third kappa shape index (κ3) is 4.71. The molecule has 1 aliphatic heterocycles. The fraction of sp³-hybridized carbons (Fsp3) is 0.333. The number of aryl methyl sites for hydroxylation is 1. The average Bonchev–Trinajstić information content (AvgIpc) is 3.27. The number of amides is 1. The summed E-state index contributed by atoms with van der Waals surface area (Å²) in [7, 11) is 0. The van der Waals surface area contributed by atoms with Gasteiger partial charge in [-0.3, -0.25) is 9.69 Å². The standard InChI is InChI=1S/C21H22BrN3OS2/c1-15-20(28-19(23-15)13-16-5-3-2-4-6-16)21(26)25-11-9-24(10-12-25)14-17-7-8-18(22)27-17/h2-8H,9-14H2,1H3. The van der Waals surface area contributed by atoms with Crippen LogP contribution in [-0.2, 0) is 13.0 Å². The van der Waals surface area contributed by atoms with Crippen molar-refractivity contribution in [2.24, 2.45) is 0 Å². The number of nitrogens with zero attached hydrogens (tertiary/aromatic N) is 3. The highest BCUT2D eigenvalue weighted by Crippen LogP contribution is 2.25. The second-order valence-corrected chi connectivity index (χ2v) is 10.6. The normalized spacial score (nSPS) is 15.1. The van der Waals surface area contributed by atoms with Gasteiger partial charge in [-0.05, 0) is 40.5 Å². The van der Waals surface area contributed by atoms with Crippen LogP contribution in [0.2, 0.25) is 0 Å². The Labute approximate surface area is 182 Å². The van der Waals surface area contributed by atoms with Crippen molar-refractivity contribution in [1.29, 1.82) is 0 Å². The summed E-state index contributed by atoms with van der Waals surface area (Å²) in [5.74, 6) is 0.132. The molecule has 1 aliphatic rings. The number of halogens is 1. The Kier molecular flexibility index (Phi) is 6.25. The fourth-order valence-corrected chi connectivity index (χ4v) is 6.00. The number of aromatic nitrogens is 1. The molecule has 1 fully saturated rings. The van der Waals surface area contributed by atoms with E-state index in [2.05, 4.69) is 50.1 Å². The maximum Gasteiger partial charge on any atom is 0.265 e. The minimum absolute atomic E-state index is 0.132. The lowest BCUT2D eigenvalue weighted by Gasteiger charge is -2.34. The number of thiazole rings is 1. The Morgan fingerprint density at radius 2 is 1.82 bits per heavy atom. The first-order valence-electron chi connectivity index (χ1n) is 9.34. The minimum Gasteiger partial charge on any atom is -0.335 e. The first-order chi connectivity index (χ1) is 13.6. The molecule has 4 nitrogen and oxygen atoms in total. The maximum absolute atomic E-state index is 13.0. The quantitative estimate of drug-likeness (QED) is 0.530. The van der Waals surface area contributed by atoms with Crippen LogP contribution in [0.3, 0.4) is 0 Å². The van der Waals surface area contributed by atoms with E-state index in [1.165, 1.54) is 14.2 Å². The molecule has 1 aromatic carbocycles. The molecule has 146 valence electrons. The third-order valence-corrected chi connectivity index (χ3v) is 7.65. The lowest BCUT2D eigenvalue weighted by Crippen LogP contribution is -2.48. The molecular formula is C21H22BrN3OS2.